The topological polar surface area (TPSA) is 55.4 Å². The Morgan fingerprint density at radius 1 is 0.400 bits per heavy atom. The Bertz CT molecular complexity index is 2010. The van der Waals surface area contributed by atoms with Gasteiger partial charge < -0.3 is 28.4 Å². The van der Waals surface area contributed by atoms with Crippen LogP contribution in [-0.2, 0) is 0 Å². The fourth-order valence-corrected chi connectivity index (χ4v) is 6.55. The number of fused-ring (bicyclic) bond motifs is 3. The van der Waals surface area contributed by atoms with Crippen molar-refractivity contribution in [3.63, 3.8) is 0 Å². The molecule has 256 valence electrons. The summed E-state index contributed by atoms with van der Waals surface area (Å²) in [7, 11) is 0. The third-order valence-electron chi connectivity index (χ3n) is 8.47. The predicted molar refractivity (Wildman–Crippen MR) is 206 cm³/mol. The van der Waals surface area contributed by atoms with E-state index in [2.05, 4.69) is 73.8 Å². The Hall–Kier alpha value is -5.62. The number of hydrogen-bond donors (Lipinski definition) is 0. The van der Waals surface area contributed by atoms with Crippen LogP contribution in [0.3, 0.4) is 0 Å². The molecule has 6 aromatic carbocycles. The van der Waals surface area contributed by atoms with E-state index in [1.54, 1.807) is 12.2 Å². The zero-order valence-corrected chi connectivity index (χ0v) is 29.3. The molecule has 0 aliphatic rings. The van der Waals surface area contributed by atoms with Crippen LogP contribution in [0, 0.1) is 0 Å². The molecule has 0 atom stereocenters. The minimum absolute atomic E-state index is 0.404. The van der Waals surface area contributed by atoms with Crippen molar-refractivity contribution in [3.8, 4) is 56.8 Å². The lowest BCUT2D eigenvalue weighted by atomic mass is 9.87. The summed E-state index contributed by atoms with van der Waals surface area (Å²) in [4.78, 5) is 0. The average Bonchev–Trinajstić information content (AvgIpc) is 3.13. The fraction of sp³-hybridized carbons (Fsp3) is 0.227. The molecule has 0 radical (unpaired) electrons. The monoisotopic (exact) mass is 668 g/mol. The molecule has 6 aromatic rings. The maximum Gasteiger partial charge on any atom is 0.127 e. The van der Waals surface area contributed by atoms with Gasteiger partial charge in [-0.05, 0) is 121 Å². The van der Waals surface area contributed by atoms with Crippen LogP contribution in [0.1, 0.15) is 27.7 Å². The molecule has 0 aromatic heterocycles. The van der Waals surface area contributed by atoms with Crippen molar-refractivity contribution in [1.82, 2.24) is 0 Å². The first kappa shape index (κ1) is 34.3. The molecule has 6 nitrogen and oxygen atoms in total. The average molecular weight is 669 g/mol. The Balaban J connectivity index is 1.76. The molecular weight excluding hydrogens is 624 g/mol. The molecular formula is C44H44O6. The van der Waals surface area contributed by atoms with Crippen LogP contribution in [0.4, 0.5) is 0 Å². The van der Waals surface area contributed by atoms with Gasteiger partial charge in [-0.3, -0.25) is 0 Å². The van der Waals surface area contributed by atoms with Crippen molar-refractivity contribution in [3.05, 3.63) is 110 Å². The van der Waals surface area contributed by atoms with Crippen molar-refractivity contribution in [2.24, 2.45) is 0 Å². The van der Waals surface area contributed by atoms with E-state index in [0.717, 1.165) is 89.1 Å². The number of benzene rings is 6. The maximum absolute atomic E-state index is 6.41. The summed E-state index contributed by atoms with van der Waals surface area (Å²) in [6.07, 6.45) is 3.49. The third kappa shape index (κ3) is 6.66. The van der Waals surface area contributed by atoms with Gasteiger partial charge in [0, 0.05) is 22.3 Å². The Labute approximate surface area is 294 Å². The lowest BCUT2D eigenvalue weighted by molar-refractivity contribution is 0.336. The molecule has 0 bridgehead atoms. The first-order chi connectivity index (χ1) is 24.6. The van der Waals surface area contributed by atoms with E-state index >= 15 is 0 Å². The second-order valence-electron chi connectivity index (χ2n) is 11.5. The standard InChI is InChI=1S/C44H44O6/c1-7-25-49-31-17-13-29-15-21-37(45-9-3)43(35(29)27-31)41-33-19-24-40(48-12-6)42(34(33)20-23-39(41)47-11-5)44-36-28-32(50-26-8-2)18-14-30(36)16-22-38(44)46-10-4/h7-8,13-24,27-28H,1-2,9-12,25-26H2,3-6H3. The van der Waals surface area contributed by atoms with Crippen LogP contribution in [0.15, 0.2) is 110 Å². The molecule has 6 heteroatoms. The van der Waals surface area contributed by atoms with Gasteiger partial charge in [0.2, 0.25) is 0 Å². The number of ether oxygens (including phenoxy) is 6. The van der Waals surface area contributed by atoms with Gasteiger partial charge in [-0.2, -0.15) is 0 Å². The van der Waals surface area contributed by atoms with Gasteiger partial charge >= 0.3 is 0 Å². The minimum Gasteiger partial charge on any atom is -0.493 e. The lowest BCUT2D eigenvalue weighted by Crippen LogP contribution is -2.02. The Morgan fingerprint density at radius 2 is 0.720 bits per heavy atom. The molecule has 0 spiro atoms. The van der Waals surface area contributed by atoms with Gasteiger partial charge in [0.1, 0.15) is 47.7 Å². The van der Waals surface area contributed by atoms with Crippen molar-refractivity contribution in [2.45, 2.75) is 27.7 Å². The second-order valence-corrected chi connectivity index (χ2v) is 11.5. The highest BCUT2D eigenvalue weighted by atomic mass is 16.5. The summed E-state index contributed by atoms with van der Waals surface area (Å²) in [5.41, 5.74) is 3.72. The van der Waals surface area contributed by atoms with Crippen molar-refractivity contribution in [1.29, 1.82) is 0 Å². The largest absolute Gasteiger partial charge is 0.493 e. The van der Waals surface area contributed by atoms with Crippen LogP contribution >= 0.6 is 0 Å². The maximum atomic E-state index is 6.41. The summed E-state index contributed by atoms with van der Waals surface area (Å²) >= 11 is 0. The van der Waals surface area contributed by atoms with Crippen LogP contribution in [0.25, 0.3) is 54.6 Å². The summed E-state index contributed by atoms with van der Waals surface area (Å²) < 4.78 is 37.5. The molecule has 0 saturated carbocycles. The van der Waals surface area contributed by atoms with Crippen LogP contribution in [0.5, 0.6) is 34.5 Å². The molecule has 0 amide bonds. The van der Waals surface area contributed by atoms with E-state index in [1.807, 2.05) is 52.0 Å². The molecule has 0 N–H and O–H groups in total. The van der Waals surface area contributed by atoms with Gasteiger partial charge in [0.25, 0.3) is 0 Å². The molecule has 0 aliphatic heterocycles. The van der Waals surface area contributed by atoms with Gasteiger partial charge in [0.15, 0.2) is 0 Å². The molecule has 50 heavy (non-hydrogen) atoms. The van der Waals surface area contributed by atoms with E-state index in [0.29, 0.717) is 39.6 Å². The zero-order valence-electron chi connectivity index (χ0n) is 29.3. The molecule has 6 rings (SSSR count). The minimum atomic E-state index is 0.404. The van der Waals surface area contributed by atoms with Crippen LogP contribution in [0.2, 0.25) is 0 Å². The SMILES string of the molecule is C=CCOc1ccc2ccc(OCC)c(-c3c(OCC)ccc4c(-c5c(OCC)ccc6ccc(OCC=C)cc56)c(OCC)ccc34)c2c1. The van der Waals surface area contributed by atoms with E-state index < -0.39 is 0 Å². The molecule has 0 aliphatic carbocycles. The smallest absolute Gasteiger partial charge is 0.127 e. The van der Waals surface area contributed by atoms with Crippen molar-refractivity contribution < 1.29 is 28.4 Å². The van der Waals surface area contributed by atoms with Crippen LogP contribution < -0.4 is 28.4 Å². The number of rotatable bonds is 16. The first-order valence-electron chi connectivity index (χ1n) is 17.3. The first-order valence-corrected chi connectivity index (χ1v) is 17.3. The van der Waals surface area contributed by atoms with Crippen LogP contribution in [-0.4, -0.2) is 39.6 Å². The van der Waals surface area contributed by atoms with Gasteiger partial charge in [0.05, 0.1) is 26.4 Å². The van der Waals surface area contributed by atoms with Gasteiger partial charge in [-0.15, -0.1) is 0 Å². The fourth-order valence-electron chi connectivity index (χ4n) is 6.55. The van der Waals surface area contributed by atoms with Crippen molar-refractivity contribution >= 4 is 32.3 Å². The summed E-state index contributed by atoms with van der Waals surface area (Å²) in [6.45, 7) is 18.5. The quantitative estimate of drug-likeness (QED) is 0.0957. The summed E-state index contributed by atoms with van der Waals surface area (Å²) in [5, 5.41) is 6.06. The van der Waals surface area contributed by atoms with Gasteiger partial charge in [-0.1, -0.05) is 49.6 Å². The zero-order chi connectivity index (χ0) is 35.0. The highest BCUT2D eigenvalue weighted by Gasteiger charge is 2.25. The second kappa shape index (κ2) is 15.7. The van der Waals surface area contributed by atoms with E-state index in [-0.39, 0.29) is 0 Å². The molecule has 0 unspecified atom stereocenters. The van der Waals surface area contributed by atoms with E-state index in [4.69, 9.17) is 28.4 Å². The normalized spacial score (nSPS) is 11.0. The highest BCUT2D eigenvalue weighted by Crippen LogP contribution is 2.51. The van der Waals surface area contributed by atoms with E-state index in [9.17, 15) is 0 Å². The predicted octanol–water partition coefficient (Wildman–Crippen LogP) is 11.2. The summed E-state index contributed by atoms with van der Waals surface area (Å²) in [5.74, 6) is 4.52. The molecule has 0 heterocycles. The molecule has 0 saturated heterocycles. The third-order valence-corrected chi connectivity index (χ3v) is 8.47. The Kier molecular flexibility index (Phi) is 10.8. The van der Waals surface area contributed by atoms with E-state index in [1.165, 1.54) is 0 Å². The lowest BCUT2D eigenvalue weighted by Gasteiger charge is -2.23. The van der Waals surface area contributed by atoms with Crippen molar-refractivity contribution in [2.75, 3.05) is 39.6 Å². The highest BCUT2D eigenvalue weighted by molar-refractivity contribution is 6.16. The Morgan fingerprint density at radius 3 is 1.06 bits per heavy atom. The number of hydrogen-bond acceptors (Lipinski definition) is 6. The summed E-state index contributed by atoms with van der Waals surface area (Å²) in [6, 6.07) is 28.9. The molecule has 0 fully saturated rings. The van der Waals surface area contributed by atoms with Gasteiger partial charge in [-0.25, -0.2) is 0 Å².